The molecule has 5 heteroatoms. The number of likely N-dealkylation sites (N-methyl/N-ethyl adjacent to an activating group) is 1. The highest BCUT2D eigenvalue weighted by Gasteiger charge is 2.36. The molecule has 3 N–H and O–H groups in total. The van der Waals surface area contributed by atoms with Crippen LogP contribution >= 0.6 is 0 Å². The van der Waals surface area contributed by atoms with E-state index in [9.17, 15) is 9.90 Å². The van der Waals surface area contributed by atoms with Gasteiger partial charge in [0.2, 0.25) is 0 Å². The van der Waals surface area contributed by atoms with Crippen LogP contribution in [0.1, 0.15) is 36.1 Å². The molecule has 0 aliphatic carbocycles. The molecule has 1 aromatic rings. The third-order valence-electron chi connectivity index (χ3n) is 5.17. The second-order valence-electron chi connectivity index (χ2n) is 6.51. The molecular formula is C17H25N3O2. The summed E-state index contributed by atoms with van der Waals surface area (Å²) in [6, 6.07) is 9.00. The number of carboxylic acid groups (broad SMARTS) is 1. The summed E-state index contributed by atoms with van der Waals surface area (Å²) in [4.78, 5) is 16.0. The molecule has 1 fully saturated rings. The minimum absolute atomic E-state index is 0.238. The second-order valence-corrected chi connectivity index (χ2v) is 6.51. The highest BCUT2D eigenvalue weighted by Crippen LogP contribution is 2.38. The maximum Gasteiger partial charge on any atom is 0.307 e. The van der Waals surface area contributed by atoms with Crippen molar-refractivity contribution in [2.24, 2.45) is 11.7 Å². The molecule has 2 aliphatic rings. The number of nitrogens with zero attached hydrogens (tertiary/aromatic N) is 2. The Kier molecular flexibility index (Phi) is 4.47. The highest BCUT2D eigenvalue weighted by molar-refractivity contribution is 5.70. The van der Waals surface area contributed by atoms with Gasteiger partial charge in [-0.25, -0.2) is 0 Å². The van der Waals surface area contributed by atoms with E-state index in [1.807, 2.05) is 0 Å². The molecule has 22 heavy (non-hydrogen) atoms. The molecule has 2 aliphatic heterocycles. The largest absolute Gasteiger partial charge is 0.481 e. The third-order valence-corrected chi connectivity index (χ3v) is 5.17. The first-order valence-corrected chi connectivity index (χ1v) is 8.07. The van der Waals surface area contributed by atoms with Gasteiger partial charge in [0.05, 0.1) is 5.92 Å². The van der Waals surface area contributed by atoms with Crippen molar-refractivity contribution in [2.45, 2.75) is 24.9 Å². The van der Waals surface area contributed by atoms with Gasteiger partial charge in [0, 0.05) is 31.7 Å². The monoisotopic (exact) mass is 303 g/mol. The van der Waals surface area contributed by atoms with Crippen LogP contribution in [0.4, 0.5) is 0 Å². The van der Waals surface area contributed by atoms with Crippen LogP contribution in [0.5, 0.6) is 0 Å². The van der Waals surface area contributed by atoms with E-state index in [0.717, 1.165) is 25.9 Å². The Morgan fingerprint density at radius 2 is 2.05 bits per heavy atom. The summed E-state index contributed by atoms with van der Waals surface area (Å²) in [5.41, 5.74) is 8.58. The van der Waals surface area contributed by atoms with E-state index in [4.69, 9.17) is 5.73 Å². The first kappa shape index (κ1) is 15.5. The Balaban J connectivity index is 1.89. The summed E-state index contributed by atoms with van der Waals surface area (Å²) in [7, 11) is 2.11. The zero-order chi connectivity index (χ0) is 15.7. The van der Waals surface area contributed by atoms with E-state index in [1.54, 1.807) is 0 Å². The third kappa shape index (κ3) is 2.76. The molecule has 0 aromatic heterocycles. The number of aliphatic carboxylic acids is 1. The average Bonchev–Trinajstić information content (AvgIpc) is 2.54. The maximum atomic E-state index is 11.3. The van der Waals surface area contributed by atoms with Crippen LogP contribution in [0.15, 0.2) is 24.3 Å². The van der Waals surface area contributed by atoms with Crippen molar-refractivity contribution >= 4 is 5.97 Å². The van der Waals surface area contributed by atoms with E-state index in [-0.39, 0.29) is 18.0 Å². The van der Waals surface area contributed by atoms with Crippen molar-refractivity contribution in [1.82, 2.24) is 9.80 Å². The van der Waals surface area contributed by atoms with Gasteiger partial charge >= 0.3 is 5.97 Å². The first-order chi connectivity index (χ1) is 10.6. The number of carboxylic acids is 1. The summed E-state index contributed by atoms with van der Waals surface area (Å²) >= 11 is 0. The van der Waals surface area contributed by atoms with Gasteiger partial charge < -0.3 is 10.8 Å². The van der Waals surface area contributed by atoms with E-state index in [2.05, 4.69) is 41.1 Å². The van der Waals surface area contributed by atoms with E-state index >= 15 is 0 Å². The molecule has 2 heterocycles. The second kappa shape index (κ2) is 6.36. The lowest BCUT2D eigenvalue weighted by atomic mass is 9.87. The van der Waals surface area contributed by atoms with Crippen LogP contribution in [-0.4, -0.2) is 54.1 Å². The molecule has 5 nitrogen and oxygen atoms in total. The molecule has 3 atom stereocenters. The fraction of sp³-hybridized carbons (Fsp3) is 0.588. The zero-order valence-electron chi connectivity index (χ0n) is 13.1. The lowest BCUT2D eigenvalue weighted by Crippen LogP contribution is -2.48. The molecule has 0 saturated carbocycles. The number of fused-ring (bicyclic) bond motifs is 1. The molecule has 0 amide bonds. The number of likely N-dealkylation sites (tertiary alicyclic amines) is 1. The molecule has 120 valence electrons. The van der Waals surface area contributed by atoms with Gasteiger partial charge in [-0.3, -0.25) is 14.6 Å². The number of hydrogen-bond acceptors (Lipinski definition) is 4. The van der Waals surface area contributed by atoms with Gasteiger partial charge in [-0.15, -0.1) is 0 Å². The van der Waals surface area contributed by atoms with Crippen LogP contribution in [0.25, 0.3) is 0 Å². The SMILES string of the molecule is CN1CC(N2CCCC(C(=O)O)C2)c2ccccc2C1CN. The number of piperidine rings is 1. The zero-order valence-corrected chi connectivity index (χ0v) is 13.1. The van der Waals surface area contributed by atoms with Gasteiger partial charge in [0.1, 0.15) is 0 Å². The molecule has 1 saturated heterocycles. The lowest BCUT2D eigenvalue weighted by Gasteiger charge is -2.45. The minimum Gasteiger partial charge on any atom is -0.481 e. The van der Waals surface area contributed by atoms with Gasteiger partial charge in [0.15, 0.2) is 0 Å². The molecular weight excluding hydrogens is 278 g/mol. The Labute approximate surface area is 131 Å². The standard InChI is InChI=1S/C17H25N3O2/c1-19-11-16(20-8-4-5-12(10-20)17(21)22)14-7-3-2-6-13(14)15(19)9-18/h2-3,6-7,12,15-16H,4-5,8-11,18H2,1H3,(H,21,22). The average molecular weight is 303 g/mol. The van der Waals surface area contributed by atoms with Crippen molar-refractivity contribution < 1.29 is 9.90 Å². The molecule has 0 bridgehead atoms. The van der Waals surface area contributed by atoms with Crippen molar-refractivity contribution in [2.75, 3.05) is 33.2 Å². The first-order valence-electron chi connectivity index (χ1n) is 8.07. The predicted molar refractivity (Wildman–Crippen MR) is 85.5 cm³/mol. The number of carbonyl (C=O) groups is 1. The van der Waals surface area contributed by atoms with Gasteiger partial charge in [-0.05, 0) is 37.6 Å². The number of benzene rings is 1. The molecule has 3 unspecified atom stereocenters. The van der Waals surface area contributed by atoms with Crippen LogP contribution in [-0.2, 0) is 4.79 Å². The Bertz CT molecular complexity index is 548. The van der Waals surface area contributed by atoms with Crippen molar-refractivity contribution in [3.63, 3.8) is 0 Å². The lowest BCUT2D eigenvalue weighted by molar-refractivity contribution is -0.144. The van der Waals surface area contributed by atoms with Crippen molar-refractivity contribution in [3.05, 3.63) is 35.4 Å². The van der Waals surface area contributed by atoms with Gasteiger partial charge in [-0.2, -0.15) is 0 Å². The van der Waals surface area contributed by atoms with Crippen molar-refractivity contribution in [3.8, 4) is 0 Å². The van der Waals surface area contributed by atoms with Crippen LogP contribution in [0, 0.1) is 5.92 Å². The number of rotatable bonds is 3. The minimum atomic E-state index is -0.665. The molecule has 0 radical (unpaired) electrons. The quantitative estimate of drug-likeness (QED) is 0.885. The van der Waals surface area contributed by atoms with E-state index < -0.39 is 5.97 Å². The normalized spacial score (nSPS) is 30.0. The van der Waals surface area contributed by atoms with Crippen LogP contribution < -0.4 is 5.73 Å². The molecule has 1 aromatic carbocycles. The Morgan fingerprint density at radius 3 is 2.73 bits per heavy atom. The summed E-state index contributed by atoms with van der Waals surface area (Å²) in [5.74, 6) is -0.902. The number of nitrogens with two attached hydrogens (primary N) is 1. The smallest absolute Gasteiger partial charge is 0.307 e. The van der Waals surface area contributed by atoms with Gasteiger partial charge in [-0.1, -0.05) is 24.3 Å². The topological polar surface area (TPSA) is 69.8 Å². The summed E-state index contributed by atoms with van der Waals surface area (Å²) in [5, 5.41) is 9.33. The summed E-state index contributed by atoms with van der Waals surface area (Å²) in [6.45, 7) is 3.14. The molecule has 0 spiro atoms. The number of hydrogen-bond donors (Lipinski definition) is 2. The Morgan fingerprint density at radius 1 is 1.32 bits per heavy atom. The fourth-order valence-electron chi connectivity index (χ4n) is 3.96. The highest BCUT2D eigenvalue weighted by atomic mass is 16.4. The molecule has 3 rings (SSSR count). The van der Waals surface area contributed by atoms with E-state index in [1.165, 1.54) is 11.1 Å². The van der Waals surface area contributed by atoms with E-state index in [0.29, 0.717) is 13.1 Å². The Hall–Kier alpha value is -1.43. The van der Waals surface area contributed by atoms with Gasteiger partial charge in [0.25, 0.3) is 0 Å². The fourth-order valence-corrected chi connectivity index (χ4v) is 3.96. The maximum absolute atomic E-state index is 11.3. The van der Waals surface area contributed by atoms with Crippen LogP contribution in [0.2, 0.25) is 0 Å². The summed E-state index contributed by atoms with van der Waals surface area (Å²) in [6.07, 6.45) is 1.75. The predicted octanol–water partition coefficient (Wildman–Crippen LogP) is 1.47. The summed E-state index contributed by atoms with van der Waals surface area (Å²) < 4.78 is 0. The van der Waals surface area contributed by atoms with Crippen LogP contribution in [0.3, 0.4) is 0 Å². The van der Waals surface area contributed by atoms with Crippen molar-refractivity contribution in [1.29, 1.82) is 0 Å².